The van der Waals surface area contributed by atoms with Crippen molar-refractivity contribution in [2.45, 2.75) is 0 Å². The normalized spacial score (nSPS) is 13.0. The molecule has 0 aliphatic carbocycles. The van der Waals surface area contributed by atoms with Gasteiger partial charge in [-0.25, -0.2) is 9.37 Å². The van der Waals surface area contributed by atoms with E-state index < -0.39 is 0 Å². The van der Waals surface area contributed by atoms with Crippen LogP contribution in [0.1, 0.15) is 11.3 Å². The van der Waals surface area contributed by atoms with Gasteiger partial charge >= 0.3 is 0 Å². The minimum Gasteiger partial charge on any atom is -0.454 e. The number of anilines is 1. The standard InChI is InChI=1S/C22H22FN3O2/c1-26(2)10-9-24-20-13-17(25-19-7-5-16(23)12-18(19)20)6-3-15-4-8-21-22(11-15)28-14-27-21/h3-8,11-13H,9-10,14H2,1-2H3,(H,24,25)/b6-3+. The fourth-order valence-electron chi connectivity index (χ4n) is 3.06. The first-order valence-electron chi connectivity index (χ1n) is 9.15. The van der Waals surface area contributed by atoms with Crippen molar-refractivity contribution >= 4 is 28.7 Å². The van der Waals surface area contributed by atoms with E-state index in [0.29, 0.717) is 0 Å². The van der Waals surface area contributed by atoms with Crippen LogP contribution in [-0.4, -0.2) is 43.9 Å². The van der Waals surface area contributed by atoms with Gasteiger partial charge in [-0.3, -0.25) is 0 Å². The number of aromatic nitrogens is 1. The number of pyridine rings is 1. The topological polar surface area (TPSA) is 46.6 Å². The van der Waals surface area contributed by atoms with E-state index in [1.807, 2.05) is 50.5 Å². The molecule has 4 rings (SSSR count). The van der Waals surface area contributed by atoms with Gasteiger partial charge in [0.05, 0.1) is 11.2 Å². The zero-order valence-corrected chi connectivity index (χ0v) is 15.9. The molecule has 2 aromatic carbocycles. The second-order valence-electron chi connectivity index (χ2n) is 6.93. The highest BCUT2D eigenvalue weighted by Crippen LogP contribution is 2.33. The molecule has 0 bridgehead atoms. The van der Waals surface area contributed by atoms with Crippen LogP contribution in [0.5, 0.6) is 11.5 Å². The summed E-state index contributed by atoms with van der Waals surface area (Å²) < 4.78 is 24.5. The Hall–Kier alpha value is -3.12. The molecule has 0 unspecified atom stereocenters. The monoisotopic (exact) mass is 379 g/mol. The van der Waals surface area contributed by atoms with Gasteiger partial charge in [-0.1, -0.05) is 12.1 Å². The maximum atomic E-state index is 13.7. The van der Waals surface area contributed by atoms with Crippen LogP contribution < -0.4 is 14.8 Å². The van der Waals surface area contributed by atoms with Crippen LogP contribution in [0.25, 0.3) is 23.1 Å². The Morgan fingerprint density at radius 1 is 1.07 bits per heavy atom. The average molecular weight is 379 g/mol. The molecule has 0 spiro atoms. The Morgan fingerprint density at radius 2 is 1.93 bits per heavy atom. The molecule has 1 aliphatic heterocycles. The van der Waals surface area contributed by atoms with Gasteiger partial charge < -0.3 is 19.7 Å². The predicted molar refractivity (Wildman–Crippen MR) is 110 cm³/mol. The van der Waals surface area contributed by atoms with Crippen LogP contribution in [0.15, 0.2) is 42.5 Å². The lowest BCUT2D eigenvalue weighted by Gasteiger charge is -2.14. The highest BCUT2D eigenvalue weighted by atomic mass is 19.1. The quantitative estimate of drug-likeness (QED) is 0.694. The number of fused-ring (bicyclic) bond motifs is 2. The molecule has 1 aliphatic rings. The second-order valence-corrected chi connectivity index (χ2v) is 6.93. The lowest BCUT2D eigenvalue weighted by atomic mass is 10.1. The lowest BCUT2D eigenvalue weighted by Crippen LogP contribution is -2.20. The van der Waals surface area contributed by atoms with Crippen molar-refractivity contribution in [3.63, 3.8) is 0 Å². The highest BCUT2D eigenvalue weighted by Gasteiger charge is 2.12. The van der Waals surface area contributed by atoms with Gasteiger partial charge in [-0.15, -0.1) is 0 Å². The minimum atomic E-state index is -0.270. The Balaban J connectivity index is 1.63. The molecule has 0 fully saturated rings. The summed E-state index contributed by atoms with van der Waals surface area (Å²) in [5.41, 5.74) is 3.41. The van der Waals surface area contributed by atoms with Gasteiger partial charge in [0.2, 0.25) is 6.79 Å². The Kier molecular flexibility index (Phi) is 5.12. The largest absolute Gasteiger partial charge is 0.454 e. The van der Waals surface area contributed by atoms with Crippen molar-refractivity contribution in [1.82, 2.24) is 9.88 Å². The van der Waals surface area contributed by atoms with Gasteiger partial charge in [-0.05, 0) is 62.1 Å². The average Bonchev–Trinajstić information content (AvgIpc) is 3.14. The molecule has 3 aromatic rings. The summed E-state index contributed by atoms with van der Waals surface area (Å²) in [7, 11) is 4.04. The maximum absolute atomic E-state index is 13.7. The molecule has 0 radical (unpaired) electrons. The molecule has 144 valence electrons. The number of halogens is 1. The molecule has 1 N–H and O–H groups in total. The van der Waals surface area contributed by atoms with E-state index in [9.17, 15) is 4.39 Å². The van der Waals surface area contributed by atoms with Crippen molar-refractivity contribution in [3.8, 4) is 11.5 Å². The van der Waals surface area contributed by atoms with Crippen LogP contribution in [0.2, 0.25) is 0 Å². The number of rotatable bonds is 6. The first-order valence-corrected chi connectivity index (χ1v) is 9.15. The fourth-order valence-corrected chi connectivity index (χ4v) is 3.06. The van der Waals surface area contributed by atoms with Gasteiger partial charge in [0.15, 0.2) is 11.5 Å². The third-order valence-electron chi connectivity index (χ3n) is 4.51. The molecule has 0 saturated carbocycles. The van der Waals surface area contributed by atoms with Gasteiger partial charge in [-0.2, -0.15) is 0 Å². The van der Waals surface area contributed by atoms with Crippen molar-refractivity contribution < 1.29 is 13.9 Å². The van der Waals surface area contributed by atoms with E-state index in [2.05, 4.69) is 15.2 Å². The first-order chi connectivity index (χ1) is 13.6. The second kappa shape index (κ2) is 7.86. The molecule has 5 nitrogen and oxygen atoms in total. The van der Waals surface area contributed by atoms with Gasteiger partial charge in [0.1, 0.15) is 5.82 Å². The minimum absolute atomic E-state index is 0.257. The van der Waals surface area contributed by atoms with Crippen molar-refractivity contribution in [3.05, 3.63) is 59.5 Å². The maximum Gasteiger partial charge on any atom is 0.231 e. The van der Waals surface area contributed by atoms with Crippen LogP contribution in [0.3, 0.4) is 0 Å². The van der Waals surface area contributed by atoms with Crippen LogP contribution in [0, 0.1) is 5.82 Å². The van der Waals surface area contributed by atoms with E-state index in [-0.39, 0.29) is 12.6 Å². The van der Waals surface area contributed by atoms with Crippen LogP contribution >= 0.6 is 0 Å². The number of likely N-dealkylation sites (N-methyl/N-ethyl adjacent to an activating group) is 1. The summed E-state index contributed by atoms with van der Waals surface area (Å²) in [6.45, 7) is 1.89. The fraction of sp³-hybridized carbons (Fsp3) is 0.227. The number of benzene rings is 2. The van der Waals surface area contributed by atoms with E-state index in [4.69, 9.17) is 9.47 Å². The number of hydrogen-bond donors (Lipinski definition) is 1. The molecular formula is C22H22FN3O2. The Bertz CT molecular complexity index is 1030. The SMILES string of the molecule is CN(C)CCNc1cc(/C=C/c2ccc3c(c2)OCO3)nc2ccc(F)cc12. The summed E-state index contributed by atoms with van der Waals surface area (Å²) in [4.78, 5) is 6.74. The summed E-state index contributed by atoms with van der Waals surface area (Å²) in [5.74, 6) is 1.24. The zero-order valence-electron chi connectivity index (χ0n) is 15.9. The lowest BCUT2D eigenvalue weighted by molar-refractivity contribution is 0.174. The number of ether oxygens (including phenoxy) is 2. The third kappa shape index (κ3) is 4.07. The molecule has 28 heavy (non-hydrogen) atoms. The van der Waals surface area contributed by atoms with E-state index in [1.54, 1.807) is 6.07 Å². The Morgan fingerprint density at radius 3 is 2.79 bits per heavy atom. The number of hydrogen-bond acceptors (Lipinski definition) is 5. The van der Waals surface area contributed by atoms with Crippen molar-refractivity contribution in [2.75, 3.05) is 39.3 Å². The van der Waals surface area contributed by atoms with Crippen molar-refractivity contribution in [1.29, 1.82) is 0 Å². The summed E-state index contributed by atoms with van der Waals surface area (Å²) >= 11 is 0. The number of nitrogens with one attached hydrogen (secondary N) is 1. The molecular weight excluding hydrogens is 357 g/mol. The van der Waals surface area contributed by atoms with Crippen LogP contribution in [-0.2, 0) is 0 Å². The highest BCUT2D eigenvalue weighted by molar-refractivity contribution is 5.93. The van der Waals surface area contributed by atoms with E-state index in [0.717, 1.165) is 52.4 Å². The molecule has 0 atom stereocenters. The number of nitrogens with zero attached hydrogens (tertiary/aromatic N) is 2. The Labute approximate surface area is 163 Å². The van der Waals surface area contributed by atoms with E-state index >= 15 is 0 Å². The molecule has 2 heterocycles. The third-order valence-corrected chi connectivity index (χ3v) is 4.51. The van der Waals surface area contributed by atoms with Gasteiger partial charge in [0.25, 0.3) is 0 Å². The van der Waals surface area contributed by atoms with Gasteiger partial charge in [0, 0.05) is 24.2 Å². The molecule has 0 amide bonds. The smallest absolute Gasteiger partial charge is 0.231 e. The molecule has 1 aromatic heterocycles. The summed E-state index contributed by atoms with van der Waals surface area (Å²) in [6, 6.07) is 12.4. The predicted octanol–water partition coefficient (Wildman–Crippen LogP) is 4.25. The van der Waals surface area contributed by atoms with Crippen molar-refractivity contribution in [2.24, 2.45) is 0 Å². The van der Waals surface area contributed by atoms with E-state index in [1.165, 1.54) is 12.1 Å². The summed E-state index contributed by atoms with van der Waals surface area (Å²) in [5, 5.41) is 4.18. The zero-order chi connectivity index (χ0) is 19.5. The molecule has 0 saturated heterocycles. The summed E-state index contributed by atoms with van der Waals surface area (Å²) in [6.07, 6.45) is 3.92. The first kappa shape index (κ1) is 18.3. The molecule has 6 heteroatoms. The van der Waals surface area contributed by atoms with Crippen LogP contribution in [0.4, 0.5) is 10.1 Å².